The van der Waals surface area contributed by atoms with Crippen LogP contribution in [0.4, 0.5) is 5.69 Å². The van der Waals surface area contributed by atoms with Gasteiger partial charge < -0.3 is 15.3 Å². The molecular weight excluding hydrogens is 236 g/mol. The van der Waals surface area contributed by atoms with E-state index in [2.05, 4.69) is 69.1 Å². The molecule has 0 saturated heterocycles. The number of nitrogens with zero attached hydrogens (tertiary/aromatic N) is 1. The van der Waals surface area contributed by atoms with Crippen LogP contribution in [0.3, 0.4) is 0 Å². The highest BCUT2D eigenvalue weighted by molar-refractivity contribution is 5.48. The summed E-state index contributed by atoms with van der Waals surface area (Å²) in [6.07, 6.45) is 0. The van der Waals surface area contributed by atoms with Crippen LogP contribution in [-0.4, -0.2) is 36.4 Å². The minimum atomic E-state index is -0.284. The van der Waals surface area contributed by atoms with E-state index in [9.17, 15) is 5.11 Å². The molecule has 0 aromatic heterocycles. The van der Waals surface area contributed by atoms with Crippen LogP contribution in [0.15, 0.2) is 24.3 Å². The van der Waals surface area contributed by atoms with E-state index in [-0.39, 0.29) is 12.1 Å². The SMILES string of the molecule is CCN(CC(C)(CO)NC(C)C)c1cccc(C)c1. The van der Waals surface area contributed by atoms with Crippen LogP contribution in [0.25, 0.3) is 0 Å². The number of anilines is 1. The van der Waals surface area contributed by atoms with Gasteiger partial charge in [0.1, 0.15) is 0 Å². The third-order valence-electron chi connectivity index (χ3n) is 3.27. The Morgan fingerprint density at radius 1 is 1.37 bits per heavy atom. The maximum Gasteiger partial charge on any atom is 0.0628 e. The van der Waals surface area contributed by atoms with Crippen molar-refractivity contribution in [2.75, 3.05) is 24.6 Å². The number of benzene rings is 1. The second-order valence-electron chi connectivity index (χ2n) is 5.87. The second kappa shape index (κ2) is 6.92. The van der Waals surface area contributed by atoms with Gasteiger partial charge in [0.15, 0.2) is 0 Å². The van der Waals surface area contributed by atoms with Gasteiger partial charge in [-0.2, -0.15) is 0 Å². The number of aryl methyl sites for hydroxylation is 1. The molecular formula is C16H28N2O. The first kappa shape index (κ1) is 16.0. The third-order valence-corrected chi connectivity index (χ3v) is 3.27. The highest BCUT2D eigenvalue weighted by atomic mass is 16.3. The van der Waals surface area contributed by atoms with Crippen molar-refractivity contribution < 1.29 is 5.11 Å². The van der Waals surface area contributed by atoms with Gasteiger partial charge in [0.05, 0.1) is 12.1 Å². The van der Waals surface area contributed by atoms with Crippen LogP contribution < -0.4 is 10.2 Å². The van der Waals surface area contributed by atoms with Crippen molar-refractivity contribution in [2.24, 2.45) is 0 Å². The van der Waals surface area contributed by atoms with Crippen molar-refractivity contribution in [1.82, 2.24) is 5.32 Å². The van der Waals surface area contributed by atoms with E-state index in [0.717, 1.165) is 13.1 Å². The Kier molecular flexibility index (Phi) is 5.83. The van der Waals surface area contributed by atoms with Gasteiger partial charge >= 0.3 is 0 Å². The molecule has 0 heterocycles. The van der Waals surface area contributed by atoms with Crippen LogP contribution in [0.2, 0.25) is 0 Å². The lowest BCUT2D eigenvalue weighted by molar-refractivity contribution is 0.169. The molecule has 108 valence electrons. The number of hydrogen-bond acceptors (Lipinski definition) is 3. The molecule has 1 atom stereocenters. The zero-order valence-corrected chi connectivity index (χ0v) is 12.9. The van der Waals surface area contributed by atoms with Gasteiger partial charge in [0.25, 0.3) is 0 Å². The number of likely N-dealkylation sites (N-methyl/N-ethyl adjacent to an activating group) is 1. The first-order valence-corrected chi connectivity index (χ1v) is 7.10. The summed E-state index contributed by atoms with van der Waals surface area (Å²) in [4.78, 5) is 2.30. The molecule has 0 saturated carbocycles. The maximum absolute atomic E-state index is 9.69. The molecule has 3 nitrogen and oxygen atoms in total. The monoisotopic (exact) mass is 264 g/mol. The van der Waals surface area contributed by atoms with Gasteiger partial charge in [0, 0.05) is 24.8 Å². The average Bonchev–Trinajstić information content (AvgIpc) is 2.35. The smallest absolute Gasteiger partial charge is 0.0628 e. The van der Waals surface area contributed by atoms with Crippen molar-refractivity contribution in [3.63, 3.8) is 0 Å². The maximum atomic E-state index is 9.69. The Morgan fingerprint density at radius 3 is 2.53 bits per heavy atom. The second-order valence-corrected chi connectivity index (χ2v) is 5.87. The van der Waals surface area contributed by atoms with Gasteiger partial charge in [-0.25, -0.2) is 0 Å². The summed E-state index contributed by atoms with van der Waals surface area (Å²) in [5.74, 6) is 0. The molecule has 0 amide bonds. The van der Waals surface area contributed by atoms with Crippen LogP contribution in [-0.2, 0) is 0 Å². The summed E-state index contributed by atoms with van der Waals surface area (Å²) >= 11 is 0. The molecule has 1 rings (SSSR count). The van der Waals surface area contributed by atoms with Gasteiger partial charge in [-0.15, -0.1) is 0 Å². The number of aliphatic hydroxyl groups excluding tert-OH is 1. The van der Waals surface area contributed by atoms with Crippen LogP contribution in [0.5, 0.6) is 0 Å². The minimum absolute atomic E-state index is 0.132. The van der Waals surface area contributed by atoms with E-state index in [1.807, 2.05) is 0 Å². The summed E-state index contributed by atoms with van der Waals surface area (Å²) in [6, 6.07) is 8.86. The van der Waals surface area contributed by atoms with Crippen molar-refractivity contribution in [2.45, 2.75) is 46.2 Å². The molecule has 0 aliphatic heterocycles. The number of rotatable bonds is 7. The lowest BCUT2D eigenvalue weighted by Gasteiger charge is -2.37. The molecule has 1 aromatic rings. The predicted octanol–water partition coefficient (Wildman–Crippen LogP) is 2.57. The molecule has 0 aliphatic rings. The molecule has 0 radical (unpaired) electrons. The normalized spacial score (nSPS) is 14.5. The topological polar surface area (TPSA) is 35.5 Å². The lowest BCUT2D eigenvalue weighted by Crippen LogP contribution is -2.56. The fraction of sp³-hybridized carbons (Fsp3) is 0.625. The van der Waals surface area contributed by atoms with Crippen molar-refractivity contribution in [3.8, 4) is 0 Å². The van der Waals surface area contributed by atoms with Crippen molar-refractivity contribution in [3.05, 3.63) is 29.8 Å². The predicted molar refractivity (Wildman–Crippen MR) is 82.8 cm³/mol. The zero-order valence-electron chi connectivity index (χ0n) is 12.9. The molecule has 0 spiro atoms. The summed E-state index contributed by atoms with van der Waals surface area (Å²) in [7, 11) is 0. The first-order valence-electron chi connectivity index (χ1n) is 7.10. The van der Waals surface area contributed by atoms with Crippen LogP contribution >= 0.6 is 0 Å². The van der Waals surface area contributed by atoms with E-state index in [0.29, 0.717) is 6.04 Å². The molecule has 2 N–H and O–H groups in total. The van der Waals surface area contributed by atoms with Crippen molar-refractivity contribution >= 4 is 5.69 Å². The van der Waals surface area contributed by atoms with Crippen LogP contribution in [0, 0.1) is 6.92 Å². The molecule has 0 bridgehead atoms. The highest BCUT2D eigenvalue weighted by Crippen LogP contribution is 2.18. The molecule has 0 fully saturated rings. The van der Waals surface area contributed by atoms with Crippen molar-refractivity contribution in [1.29, 1.82) is 0 Å². The number of nitrogens with one attached hydrogen (secondary N) is 1. The number of hydrogen-bond donors (Lipinski definition) is 2. The molecule has 3 heteroatoms. The molecule has 19 heavy (non-hydrogen) atoms. The first-order chi connectivity index (χ1) is 8.90. The Morgan fingerprint density at radius 2 is 2.05 bits per heavy atom. The van der Waals surface area contributed by atoms with E-state index in [4.69, 9.17) is 0 Å². The van der Waals surface area contributed by atoms with E-state index < -0.39 is 0 Å². The standard InChI is InChI=1S/C16H28N2O/c1-6-18(15-9-7-8-14(4)10-15)11-16(5,12-19)17-13(2)3/h7-10,13,17,19H,6,11-12H2,1-5H3. The molecule has 1 aromatic carbocycles. The summed E-state index contributed by atoms with van der Waals surface area (Å²) in [5.41, 5.74) is 2.19. The molecule has 0 aliphatic carbocycles. The Balaban J connectivity index is 2.86. The fourth-order valence-electron chi connectivity index (χ4n) is 2.47. The van der Waals surface area contributed by atoms with Gasteiger partial charge in [-0.05, 0) is 38.5 Å². The Labute approximate surface area is 117 Å². The quantitative estimate of drug-likeness (QED) is 0.794. The Bertz CT molecular complexity index is 392. The zero-order chi connectivity index (χ0) is 14.5. The van der Waals surface area contributed by atoms with E-state index in [1.54, 1.807) is 0 Å². The van der Waals surface area contributed by atoms with Gasteiger partial charge in [-0.3, -0.25) is 0 Å². The van der Waals surface area contributed by atoms with Gasteiger partial charge in [0.2, 0.25) is 0 Å². The van der Waals surface area contributed by atoms with E-state index >= 15 is 0 Å². The largest absolute Gasteiger partial charge is 0.394 e. The average molecular weight is 264 g/mol. The summed E-state index contributed by atoms with van der Waals surface area (Å²) in [5, 5.41) is 13.2. The summed E-state index contributed by atoms with van der Waals surface area (Å²) in [6.45, 7) is 12.4. The fourth-order valence-corrected chi connectivity index (χ4v) is 2.47. The Hall–Kier alpha value is -1.06. The highest BCUT2D eigenvalue weighted by Gasteiger charge is 2.26. The van der Waals surface area contributed by atoms with Gasteiger partial charge in [-0.1, -0.05) is 26.0 Å². The minimum Gasteiger partial charge on any atom is -0.394 e. The summed E-state index contributed by atoms with van der Waals surface area (Å²) < 4.78 is 0. The molecule has 1 unspecified atom stereocenters. The lowest BCUT2D eigenvalue weighted by atomic mass is 10.0. The number of aliphatic hydroxyl groups is 1. The van der Waals surface area contributed by atoms with E-state index in [1.165, 1.54) is 11.3 Å². The third kappa shape index (κ3) is 4.84. The van der Waals surface area contributed by atoms with Crippen LogP contribution in [0.1, 0.15) is 33.3 Å².